The zero-order chi connectivity index (χ0) is 21.3. The molecule has 0 atom stereocenters. The fourth-order valence-electron chi connectivity index (χ4n) is 4.30. The standard InChI is InChI=1S/C30H21NS/c1-3-9-21(10-4-1)22-17-19-24(20-18-22)31-28-16-8-15-27-26-14-7-13-25(29(26)32-30(27)28)23-11-5-2-6-12-23/h1-20,31H. The summed E-state index contributed by atoms with van der Waals surface area (Å²) >= 11 is 1.87. The summed E-state index contributed by atoms with van der Waals surface area (Å²) in [6.07, 6.45) is 0. The Balaban J connectivity index is 1.41. The molecule has 0 fully saturated rings. The van der Waals surface area contributed by atoms with Gasteiger partial charge in [0.1, 0.15) is 0 Å². The largest absolute Gasteiger partial charge is 0.354 e. The Labute approximate surface area is 191 Å². The van der Waals surface area contributed by atoms with Gasteiger partial charge in [0.25, 0.3) is 0 Å². The van der Waals surface area contributed by atoms with Gasteiger partial charge >= 0.3 is 0 Å². The molecular formula is C30H21NS. The predicted molar refractivity (Wildman–Crippen MR) is 140 cm³/mol. The molecular weight excluding hydrogens is 406 g/mol. The molecule has 6 aromatic rings. The number of hydrogen-bond donors (Lipinski definition) is 1. The van der Waals surface area contributed by atoms with Crippen LogP contribution in [-0.4, -0.2) is 0 Å². The molecule has 0 radical (unpaired) electrons. The highest BCUT2D eigenvalue weighted by molar-refractivity contribution is 7.27. The van der Waals surface area contributed by atoms with Crippen LogP contribution in [0.4, 0.5) is 11.4 Å². The summed E-state index contributed by atoms with van der Waals surface area (Å²) < 4.78 is 2.63. The quantitative estimate of drug-likeness (QED) is 0.296. The lowest BCUT2D eigenvalue weighted by atomic mass is 10.0. The molecule has 0 unspecified atom stereocenters. The molecule has 32 heavy (non-hydrogen) atoms. The van der Waals surface area contributed by atoms with Crippen LogP contribution in [0.1, 0.15) is 0 Å². The molecule has 0 amide bonds. The van der Waals surface area contributed by atoms with Crippen molar-refractivity contribution in [3.05, 3.63) is 121 Å². The third-order valence-electron chi connectivity index (χ3n) is 5.88. The molecule has 0 bridgehead atoms. The second kappa shape index (κ2) is 7.99. The van der Waals surface area contributed by atoms with E-state index in [1.165, 1.54) is 42.4 Å². The Morgan fingerprint density at radius 2 is 1.03 bits per heavy atom. The third-order valence-corrected chi connectivity index (χ3v) is 7.17. The van der Waals surface area contributed by atoms with Crippen molar-refractivity contribution in [1.29, 1.82) is 0 Å². The van der Waals surface area contributed by atoms with E-state index >= 15 is 0 Å². The van der Waals surface area contributed by atoms with Crippen LogP contribution in [0.2, 0.25) is 0 Å². The summed E-state index contributed by atoms with van der Waals surface area (Å²) in [7, 11) is 0. The molecule has 1 nitrogen and oxygen atoms in total. The number of hydrogen-bond acceptors (Lipinski definition) is 2. The van der Waals surface area contributed by atoms with Gasteiger partial charge in [-0.1, -0.05) is 103 Å². The van der Waals surface area contributed by atoms with E-state index in [1.54, 1.807) is 0 Å². The second-order valence-electron chi connectivity index (χ2n) is 7.90. The average Bonchev–Trinajstić information content (AvgIpc) is 3.26. The number of rotatable bonds is 4. The van der Waals surface area contributed by atoms with E-state index in [-0.39, 0.29) is 0 Å². The molecule has 1 aromatic heterocycles. The molecule has 1 heterocycles. The zero-order valence-corrected chi connectivity index (χ0v) is 18.3. The van der Waals surface area contributed by atoms with Crippen molar-refractivity contribution in [2.75, 3.05) is 5.32 Å². The third kappa shape index (κ3) is 3.35. The minimum atomic E-state index is 1.10. The Bertz CT molecular complexity index is 1510. The molecule has 0 aliphatic carbocycles. The Morgan fingerprint density at radius 1 is 0.438 bits per heavy atom. The molecule has 0 aliphatic heterocycles. The van der Waals surface area contributed by atoms with Crippen molar-refractivity contribution in [2.24, 2.45) is 0 Å². The van der Waals surface area contributed by atoms with Crippen molar-refractivity contribution >= 4 is 42.9 Å². The minimum Gasteiger partial charge on any atom is -0.354 e. The summed E-state index contributed by atoms with van der Waals surface area (Å²) in [6.45, 7) is 0. The lowest BCUT2D eigenvalue weighted by molar-refractivity contribution is 1.57. The molecule has 152 valence electrons. The summed E-state index contributed by atoms with van der Waals surface area (Å²) in [6, 6.07) is 43.0. The first-order chi connectivity index (χ1) is 15.9. The molecule has 0 saturated heterocycles. The fraction of sp³-hybridized carbons (Fsp3) is 0. The highest BCUT2D eigenvalue weighted by Gasteiger charge is 2.12. The SMILES string of the molecule is c1ccc(-c2ccc(Nc3cccc4c3sc3c(-c5ccccc5)cccc34)cc2)cc1. The van der Waals surface area contributed by atoms with Crippen molar-refractivity contribution in [3.8, 4) is 22.3 Å². The van der Waals surface area contributed by atoms with Crippen molar-refractivity contribution < 1.29 is 0 Å². The Morgan fingerprint density at radius 3 is 1.75 bits per heavy atom. The van der Waals surface area contributed by atoms with E-state index in [0.717, 1.165) is 11.4 Å². The summed E-state index contributed by atoms with van der Waals surface area (Å²) in [5, 5.41) is 6.27. The normalized spacial score (nSPS) is 11.1. The van der Waals surface area contributed by atoms with Gasteiger partial charge in [0.05, 0.1) is 10.4 Å². The lowest BCUT2D eigenvalue weighted by Gasteiger charge is -2.09. The molecule has 0 spiro atoms. The maximum absolute atomic E-state index is 3.66. The molecule has 2 heteroatoms. The van der Waals surface area contributed by atoms with Gasteiger partial charge in [0.15, 0.2) is 0 Å². The van der Waals surface area contributed by atoms with Crippen LogP contribution in [0.3, 0.4) is 0 Å². The van der Waals surface area contributed by atoms with Crippen LogP contribution < -0.4 is 5.32 Å². The van der Waals surface area contributed by atoms with Crippen molar-refractivity contribution in [1.82, 2.24) is 0 Å². The van der Waals surface area contributed by atoms with Crippen molar-refractivity contribution in [3.63, 3.8) is 0 Å². The first-order valence-corrected chi connectivity index (χ1v) is 11.6. The van der Waals surface area contributed by atoms with Gasteiger partial charge in [-0.15, -0.1) is 11.3 Å². The summed E-state index contributed by atoms with van der Waals surface area (Å²) in [5.41, 5.74) is 7.26. The highest BCUT2D eigenvalue weighted by Crippen LogP contribution is 2.43. The average molecular weight is 428 g/mol. The van der Waals surface area contributed by atoms with Crippen LogP contribution in [0.15, 0.2) is 121 Å². The predicted octanol–water partition coefficient (Wildman–Crippen LogP) is 9.13. The Kier molecular flexibility index (Phi) is 4.71. The van der Waals surface area contributed by atoms with E-state index in [2.05, 4.69) is 121 Å². The van der Waals surface area contributed by atoms with Crippen LogP contribution >= 0.6 is 11.3 Å². The van der Waals surface area contributed by atoms with Gasteiger partial charge in [-0.25, -0.2) is 0 Å². The maximum Gasteiger partial charge on any atom is 0.0590 e. The van der Waals surface area contributed by atoms with Crippen molar-refractivity contribution in [2.45, 2.75) is 0 Å². The zero-order valence-electron chi connectivity index (χ0n) is 17.5. The maximum atomic E-state index is 3.66. The fourth-order valence-corrected chi connectivity index (χ4v) is 5.60. The number of anilines is 2. The molecule has 1 N–H and O–H groups in total. The highest BCUT2D eigenvalue weighted by atomic mass is 32.1. The van der Waals surface area contributed by atoms with Gasteiger partial charge in [-0.2, -0.15) is 0 Å². The van der Waals surface area contributed by atoms with E-state index in [0.29, 0.717) is 0 Å². The van der Waals surface area contributed by atoms with Gasteiger partial charge in [0, 0.05) is 21.2 Å². The smallest absolute Gasteiger partial charge is 0.0590 e. The Hall–Kier alpha value is -3.88. The first-order valence-electron chi connectivity index (χ1n) is 10.8. The lowest BCUT2D eigenvalue weighted by Crippen LogP contribution is -1.90. The van der Waals surface area contributed by atoms with E-state index in [4.69, 9.17) is 0 Å². The number of thiophene rings is 1. The summed E-state index contributed by atoms with van der Waals surface area (Å²) in [4.78, 5) is 0. The topological polar surface area (TPSA) is 12.0 Å². The van der Waals surface area contributed by atoms with Crippen LogP contribution in [0.5, 0.6) is 0 Å². The molecule has 0 saturated carbocycles. The number of benzene rings is 5. The monoisotopic (exact) mass is 427 g/mol. The molecule has 0 aliphatic rings. The van der Waals surface area contributed by atoms with Gasteiger partial charge in [0.2, 0.25) is 0 Å². The number of fused-ring (bicyclic) bond motifs is 3. The molecule has 6 rings (SSSR count). The van der Waals surface area contributed by atoms with E-state index in [1.807, 2.05) is 17.4 Å². The van der Waals surface area contributed by atoms with Crippen LogP contribution in [-0.2, 0) is 0 Å². The van der Waals surface area contributed by atoms with E-state index < -0.39 is 0 Å². The molecule has 5 aromatic carbocycles. The van der Waals surface area contributed by atoms with Gasteiger partial charge in [-0.05, 0) is 40.5 Å². The summed E-state index contributed by atoms with van der Waals surface area (Å²) in [5.74, 6) is 0. The first kappa shape index (κ1) is 18.9. The van der Waals surface area contributed by atoms with Gasteiger partial charge in [-0.3, -0.25) is 0 Å². The second-order valence-corrected chi connectivity index (χ2v) is 8.92. The number of nitrogens with one attached hydrogen (secondary N) is 1. The van der Waals surface area contributed by atoms with E-state index in [9.17, 15) is 0 Å². The minimum absolute atomic E-state index is 1.10. The van der Waals surface area contributed by atoms with Gasteiger partial charge < -0.3 is 5.32 Å². The van der Waals surface area contributed by atoms with Crippen LogP contribution in [0, 0.1) is 0 Å². The van der Waals surface area contributed by atoms with Crippen LogP contribution in [0.25, 0.3) is 42.4 Å².